The molecule has 1 aliphatic heterocycles. The lowest BCUT2D eigenvalue weighted by Gasteiger charge is -2.33. The van der Waals surface area contributed by atoms with Crippen LogP contribution in [0.25, 0.3) is 32.7 Å². The molecule has 222 valence electrons. The van der Waals surface area contributed by atoms with E-state index in [9.17, 15) is 0 Å². The average molecular weight is 619 g/mol. The molecule has 3 heteroatoms. The molecule has 1 aliphatic rings. The zero-order valence-corrected chi connectivity index (χ0v) is 26.4. The summed E-state index contributed by atoms with van der Waals surface area (Å²) >= 11 is 1.84. The summed E-state index contributed by atoms with van der Waals surface area (Å²) in [6, 6.07) is 65.6. The maximum absolute atomic E-state index is 2.38. The summed E-state index contributed by atoms with van der Waals surface area (Å²) in [5.41, 5.74) is 9.41. The Labute approximate surface area is 279 Å². The van der Waals surface area contributed by atoms with Gasteiger partial charge in [0.25, 0.3) is 0 Å². The summed E-state index contributed by atoms with van der Waals surface area (Å²) < 4.78 is 0. The molecular formula is C44H30N2S. The van der Waals surface area contributed by atoms with Gasteiger partial charge in [0.1, 0.15) is 0 Å². The van der Waals surface area contributed by atoms with Crippen LogP contribution < -0.4 is 9.80 Å². The van der Waals surface area contributed by atoms with Gasteiger partial charge in [-0.3, -0.25) is 0 Å². The topological polar surface area (TPSA) is 6.48 Å². The van der Waals surface area contributed by atoms with Crippen LogP contribution in [0, 0.1) is 0 Å². The minimum absolute atomic E-state index is 1.12. The van der Waals surface area contributed by atoms with E-state index in [2.05, 4.69) is 192 Å². The van der Waals surface area contributed by atoms with Gasteiger partial charge in [0.2, 0.25) is 0 Å². The van der Waals surface area contributed by atoms with E-state index < -0.39 is 0 Å². The van der Waals surface area contributed by atoms with Gasteiger partial charge in [-0.15, -0.1) is 0 Å². The van der Waals surface area contributed by atoms with Crippen LogP contribution in [0.2, 0.25) is 0 Å². The van der Waals surface area contributed by atoms with Gasteiger partial charge in [0, 0.05) is 32.2 Å². The predicted molar refractivity (Wildman–Crippen MR) is 200 cm³/mol. The fraction of sp³-hybridized carbons (Fsp3) is 0. The fourth-order valence-electron chi connectivity index (χ4n) is 6.82. The van der Waals surface area contributed by atoms with Gasteiger partial charge in [-0.1, -0.05) is 127 Å². The molecule has 0 N–H and O–H groups in total. The van der Waals surface area contributed by atoms with E-state index in [0.717, 1.165) is 11.4 Å². The quantitative estimate of drug-likeness (QED) is 0.177. The number of para-hydroxylation sites is 3. The van der Waals surface area contributed by atoms with Gasteiger partial charge in [0.15, 0.2) is 0 Å². The van der Waals surface area contributed by atoms with Crippen LogP contribution in [0.5, 0.6) is 0 Å². The summed E-state index contributed by atoms with van der Waals surface area (Å²) in [6.07, 6.45) is 0. The van der Waals surface area contributed by atoms with Gasteiger partial charge in [-0.2, -0.15) is 0 Å². The molecule has 0 fully saturated rings. The van der Waals surface area contributed by atoms with Crippen LogP contribution in [0.1, 0.15) is 0 Å². The monoisotopic (exact) mass is 618 g/mol. The molecule has 9 rings (SSSR count). The third-order valence-corrected chi connectivity index (χ3v) is 10.1. The number of rotatable bonds is 5. The molecule has 0 unspecified atom stereocenters. The summed E-state index contributed by atoms with van der Waals surface area (Å²) in [6.45, 7) is 0. The minimum atomic E-state index is 1.12. The normalized spacial score (nSPS) is 12.1. The molecule has 8 aromatic carbocycles. The highest BCUT2D eigenvalue weighted by Gasteiger charge is 2.25. The first-order chi connectivity index (χ1) is 23.3. The second-order valence-corrected chi connectivity index (χ2v) is 12.9. The molecule has 2 nitrogen and oxygen atoms in total. The molecule has 0 bridgehead atoms. The highest BCUT2D eigenvalue weighted by Crippen LogP contribution is 2.52. The molecule has 1 heterocycles. The van der Waals surface area contributed by atoms with Crippen molar-refractivity contribution in [3.63, 3.8) is 0 Å². The predicted octanol–water partition coefficient (Wildman–Crippen LogP) is 13.1. The van der Waals surface area contributed by atoms with Crippen LogP contribution in [0.3, 0.4) is 0 Å². The lowest BCUT2D eigenvalue weighted by Crippen LogP contribution is -2.14. The summed E-state index contributed by atoms with van der Waals surface area (Å²) in [7, 11) is 0. The first-order valence-electron chi connectivity index (χ1n) is 15.9. The standard InChI is InChI=1S/C44H30N2S/c1-3-14-34(15-4-1)45(42-29-33-13-7-8-18-37(33)38-19-9-10-20-39(38)42)36-26-23-31(24-27-36)32-25-28-41-44(30-32)47-43-22-12-11-21-40(43)46(41)35-16-5-2-6-17-35/h1-30H. The van der Waals surface area contributed by atoms with Gasteiger partial charge < -0.3 is 9.80 Å². The fourth-order valence-corrected chi connectivity index (χ4v) is 7.92. The van der Waals surface area contributed by atoms with Crippen LogP contribution in [-0.4, -0.2) is 0 Å². The smallest absolute Gasteiger partial charge is 0.0602 e. The SMILES string of the molecule is c1ccc(N2c3ccccc3Sc3cc(-c4ccc(N(c5ccccc5)c5cc6ccccc6c6ccccc56)cc4)ccc32)cc1. The Morgan fingerprint density at radius 1 is 0.404 bits per heavy atom. The van der Waals surface area contributed by atoms with E-state index in [4.69, 9.17) is 0 Å². The van der Waals surface area contributed by atoms with Gasteiger partial charge in [-0.05, 0) is 94.0 Å². The van der Waals surface area contributed by atoms with Crippen molar-refractivity contribution in [3.8, 4) is 11.1 Å². The highest BCUT2D eigenvalue weighted by molar-refractivity contribution is 7.99. The van der Waals surface area contributed by atoms with Crippen molar-refractivity contribution in [1.82, 2.24) is 0 Å². The van der Waals surface area contributed by atoms with Crippen LogP contribution >= 0.6 is 11.8 Å². The van der Waals surface area contributed by atoms with Gasteiger partial charge in [-0.25, -0.2) is 0 Å². The zero-order chi connectivity index (χ0) is 31.2. The summed E-state index contributed by atoms with van der Waals surface area (Å²) in [5, 5.41) is 5.00. The number of hydrogen-bond donors (Lipinski definition) is 0. The Bertz CT molecular complexity index is 2380. The van der Waals surface area contributed by atoms with Gasteiger partial charge in [0.05, 0.1) is 17.1 Å². The van der Waals surface area contributed by atoms with Crippen molar-refractivity contribution in [2.24, 2.45) is 0 Å². The molecule has 0 aromatic heterocycles. The summed E-state index contributed by atoms with van der Waals surface area (Å²) in [4.78, 5) is 7.27. The van der Waals surface area contributed by atoms with Crippen molar-refractivity contribution in [1.29, 1.82) is 0 Å². The Kier molecular flexibility index (Phi) is 6.76. The Morgan fingerprint density at radius 3 is 1.81 bits per heavy atom. The molecule has 0 amide bonds. The maximum atomic E-state index is 2.38. The first-order valence-corrected chi connectivity index (χ1v) is 16.8. The van der Waals surface area contributed by atoms with Crippen molar-refractivity contribution in [2.75, 3.05) is 9.80 Å². The maximum Gasteiger partial charge on any atom is 0.0602 e. The summed E-state index contributed by atoms with van der Waals surface area (Å²) in [5.74, 6) is 0. The zero-order valence-electron chi connectivity index (χ0n) is 25.6. The van der Waals surface area contributed by atoms with E-state index in [-0.39, 0.29) is 0 Å². The molecule has 0 saturated carbocycles. The third kappa shape index (κ3) is 4.84. The van der Waals surface area contributed by atoms with Crippen LogP contribution in [0.4, 0.5) is 34.1 Å². The number of nitrogens with zero attached hydrogens (tertiary/aromatic N) is 2. The highest BCUT2D eigenvalue weighted by atomic mass is 32.2. The third-order valence-electron chi connectivity index (χ3n) is 9.00. The molecule has 47 heavy (non-hydrogen) atoms. The van der Waals surface area contributed by atoms with Crippen molar-refractivity contribution in [3.05, 3.63) is 182 Å². The molecule has 0 atom stereocenters. The van der Waals surface area contributed by atoms with Crippen molar-refractivity contribution < 1.29 is 0 Å². The van der Waals surface area contributed by atoms with Crippen molar-refractivity contribution in [2.45, 2.75) is 9.79 Å². The number of fused-ring (bicyclic) bond motifs is 5. The molecule has 8 aromatic rings. The molecule has 0 saturated heterocycles. The van der Waals surface area contributed by atoms with E-state index in [1.54, 1.807) is 0 Å². The van der Waals surface area contributed by atoms with Gasteiger partial charge >= 0.3 is 0 Å². The second kappa shape index (κ2) is 11.5. The van der Waals surface area contributed by atoms with E-state index in [1.807, 2.05) is 11.8 Å². The van der Waals surface area contributed by atoms with Crippen LogP contribution in [0.15, 0.2) is 192 Å². The second-order valence-electron chi connectivity index (χ2n) is 11.8. The Hall–Kier alpha value is -5.77. The molecule has 0 radical (unpaired) electrons. The lowest BCUT2D eigenvalue weighted by molar-refractivity contribution is 1.17. The number of anilines is 6. The van der Waals surface area contributed by atoms with E-state index in [1.165, 1.54) is 65.2 Å². The number of hydrogen-bond acceptors (Lipinski definition) is 3. The largest absolute Gasteiger partial charge is 0.310 e. The first kappa shape index (κ1) is 27.5. The molecule has 0 spiro atoms. The molecular weight excluding hydrogens is 589 g/mol. The average Bonchev–Trinajstić information content (AvgIpc) is 3.15. The lowest BCUT2D eigenvalue weighted by atomic mass is 9.98. The van der Waals surface area contributed by atoms with Crippen molar-refractivity contribution >= 4 is 67.4 Å². The number of benzene rings is 8. The van der Waals surface area contributed by atoms with Crippen LogP contribution in [-0.2, 0) is 0 Å². The Morgan fingerprint density at radius 2 is 1.00 bits per heavy atom. The van der Waals surface area contributed by atoms with E-state index in [0.29, 0.717) is 0 Å². The Balaban J connectivity index is 1.14. The van der Waals surface area contributed by atoms with E-state index >= 15 is 0 Å². The minimum Gasteiger partial charge on any atom is -0.310 e. The molecule has 0 aliphatic carbocycles.